The van der Waals surface area contributed by atoms with E-state index in [0.29, 0.717) is 48.0 Å². The lowest BCUT2D eigenvalue weighted by molar-refractivity contribution is -0.141. The summed E-state index contributed by atoms with van der Waals surface area (Å²) in [4.78, 5) is 16.2. The number of carbonyl (C=O) groups excluding carboxylic acids is 1. The number of aryl methyl sites for hydroxylation is 1. The zero-order valence-corrected chi connectivity index (χ0v) is 21.8. The molecule has 0 N–H and O–H groups in total. The van der Waals surface area contributed by atoms with Crippen LogP contribution in [-0.2, 0) is 16.0 Å². The van der Waals surface area contributed by atoms with Gasteiger partial charge in [0, 0.05) is 39.6 Å². The molecule has 4 aromatic rings. The van der Waals surface area contributed by atoms with Crippen LogP contribution in [0.4, 0.5) is 4.39 Å². The lowest BCUT2D eigenvalue weighted by Gasteiger charge is -2.17. The first kappa shape index (κ1) is 24.4. The summed E-state index contributed by atoms with van der Waals surface area (Å²) < 4.78 is 38.0. The van der Waals surface area contributed by atoms with Gasteiger partial charge in [-0.1, -0.05) is 6.07 Å². The highest BCUT2D eigenvalue weighted by molar-refractivity contribution is 7.09. The van der Waals surface area contributed by atoms with E-state index in [2.05, 4.69) is 4.98 Å². The van der Waals surface area contributed by atoms with Crippen LogP contribution in [0.25, 0.3) is 11.3 Å². The maximum Gasteiger partial charge on any atom is 0.306 e. The number of ether oxygens (including phenoxy) is 4. The monoisotopic (exact) mass is 531 g/mol. The van der Waals surface area contributed by atoms with Gasteiger partial charge in [-0.05, 0) is 62.2 Å². The lowest BCUT2D eigenvalue weighted by atomic mass is 9.98. The van der Waals surface area contributed by atoms with Crippen molar-refractivity contribution in [2.75, 3.05) is 13.7 Å². The van der Waals surface area contributed by atoms with Gasteiger partial charge in [0.05, 0.1) is 30.8 Å². The van der Waals surface area contributed by atoms with Gasteiger partial charge in [0.15, 0.2) is 0 Å². The molecule has 194 valence electrons. The molecule has 1 aromatic heterocycles. The number of esters is 1. The molecule has 1 aliphatic carbocycles. The summed E-state index contributed by atoms with van der Waals surface area (Å²) in [6.07, 6.45) is 1.11. The predicted octanol–water partition coefficient (Wildman–Crippen LogP) is 7.16. The molecular weight excluding hydrogens is 505 g/mol. The zero-order valence-electron chi connectivity index (χ0n) is 21.0. The fourth-order valence-electron chi connectivity index (χ4n) is 5.12. The van der Waals surface area contributed by atoms with E-state index in [-0.39, 0.29) is 24.1 Å². The summed E-state index contributed by atoms with van der Waals surface area (Å²) in [6, 6.07) is 16.4. The smallest absolute Gasteiger partial charge is 0.306 e. The Hall–Kier alpha value is -3.91. The summed E-state index contributed by atoms with van der Waals surface area (Å²) in [5.74, 6) is 1.97. The topological polar surface area (TPSA) is 66.9 Å². The molecule has 1 unspecified atom stereocenters. The molecule has 2 heterocycles. The van der Waals surface area contributed by atoms with E-state index in [9.17, 15) is 4.79 Å². The van der Waals surface area contributed by atoms with Crippen molar-refractivity contribution in [1.82, 2.24) is 4.98 Å². The molecule has 0 saturated carbocycles. The van der Waals surface area contributed by atoms with Crippen LogP contribution in [-0.4, -0.2) is 24.7 Å². The average molecular weight is 532 g/mol. The minimum atomic E-state index is -0.436. The van der Waals surface area contributed by atoms with Crippen molar-refractivity contribution in [3.05, 3.63) is 87.5 Å². The average Bonchev–Trinajstić information content (AvgIpc) is 3.65. The molecule has 6 nitrogen and oxygen atoms in total. The number of hydrogen-bond acceptors (Lipinski definition) is 7. The van der Waals surface area contributed by atoms with E-state index in [4.69, 9.17) is 18.9 Å². The third-order valence-corrected chi connectivity index (χ3v) is 7.79. The second kappa shape index (κ2) is 10.1. The third-order valence-electron chi connectivity index (χ3n) is 7.02. The van der Waals surface area contributed by atoms with Crippen LogP contribution < -0.4 is 14.2 Å². The SMILES string of the molecule is COC(=O)CC1COc2cc(O[C@@H]3CCc4c(Oc5ccc(-c6csc(C)n6)cc5)ccc(F)c43)ccc21. The van der Waals surface area contributed by atoms with E-state index < -0.39 is 6.10 Å². The van der Waals surface area contributed by atoms with Gasteiger partial charge in [-0.25, -0.2) is 9.37 Å². The molecule has 2 aliphatic rings. The Labute approximate surface area is 224 Å². The van der Waals surface area contributed by atoms with Crippen LogP contribution in [0.5, 0.6) is 23.0 Å². The fourth-order valence-corrected chi connectivity index (χ4v) is 5.74. The van der Waals surface area contributed by atoms with Crippen molar-refractivity contribution in [2.45, 2.75) is 38.2 Å². The van der Waals surface area contributed by atoms with Crippen molar-refractivity contribution in [3.63, 3.8) is 0 Å². The largest absolute Gasteiger partial charge is 0.492 e. The van der Waals surface area contributed by atoms with Gasteiger partial charge in [0.25, 0.3) is 0 Å². The number of halogens is 1. The van der Waals surface area contributed by atoms with Gasteiger partial charge >= 0.3 is 5.97 Å². The van der Waals surface area contributed by atoms with E-state index in [0.717, 1.165) is 27.4 Å². The minimum Gasteiger partial charge on any atom is -0.492 e. The molecule has 0 amide bonds. The predicted molar refractivity (Wildman–Crippen MR) is 142 cm³/mol. The molecule has 0 spiro atoms. The van der Waals surface area contributed by atoms with Crippen molar-refractivity contribution in [2.24, 2.45) is 0 Å². The third kappa shape index (κ3) is 4.72. The summed E-state index contributed by atoms with van der Waals surface area (Å²) in [5.41, 5.74) is 4.27. The summed E-state index contributed by atoms with van der Waals surface area (Å²) in [5, 5.41) is 3.06. The van der Waals surface area contributed by atoms with Gasteiger partial charge in [0.1, 0.15) is 34.9 Å². The summed E-state index contributed by atoms with van der Waals surface area (Å²) in [7, 11) is 1.38. The van der Waals surface area contributed by atoms with E-state index in [1.165, 1.54) is 13.2 Å². The molecule has 0 radical (unpaired) electrons. The van der Waals surface area contributed by atoms with Crippen molar-refractivity contribution < 1.29 is 28.1 Å². The zero-order chi connectivity index (χ0) is 26.2. The Kier molecular flexibility index (Phi) is 6.49. The number of methoxy groups -OCH3 is 1. The molecule has 38 heavy (non-hydrogen) atoms. The fraction of sp³-hybridized carbons (Fsp3) is 0.267. The van der Waals surface area contributed by atoms with Crippen molar-refractivity contribution >= 4 is 17.3 Å². The molecule has 0 fully saturated rings. The van der Waals surface area contributed by atoms with Crippen LogP contribution in [0.3, 0.4) is 0 Å². The number of fused-ring (bicyclic) bond motifs is 2. The van der Waals surface area contributed by atoms with Crippen LogP contribution in [0.15, 0.2) is 60.0 Å². The first-order valence-electron chi connectivity index (χ1n) is 12.5. The number of rotatable bonds is 7. The number of hydrogen-bond donors (Lipinski definition) is 0. The van der Waals surface area contributed by atoms with Crippen molar-refractivity contribution in [3.8, 4) is 34.3 Å². The first-order valence-corrected chi connectivity index (χ1v) is 13.4. The van der Waals surface area contributed by atoms with E-state index in [1.807, 2.05) is 54.8 Å². The number of nitrogens with zero attached hydrogens (tertiary/aromatic N) is 1. The standard InChI is InChI=1S/C30H26FNO5S/c1-17-32-25(16-38-17)18-3-5-20(6-4-18)36-26-12-10-24(31)30-23(26)9-11-27(30)37-21-7-8-22-19(13-29(33)34-2)15-35-28(22)14-21/h3-8,10,12,14,16,19,27H,9,11,13,15H2,1-2H3/t19?,27-/m1/s1. The second-order valence-electron chi connectivity index (χ2n) is 9.45. The molecule has 8 heteroatoms. The molecule has 6 rings (SSSR count). The van der Waals surface area contributed by atoms with Crippen LogP contribution >= 0.6 is 11.3 Å². The Morgan fingerprint density at radius 3 is 2.71 bits per heavy atom. The minimum absolute atomic E-state index is 0.0458. The summed E-state index contributed by atoms with van der Waals surface area (Å²) in [6.45, 7) is 2.40. The normalized spacial score (nSPS) is 17.4. The van der Waals surface area contributed by atoms with E-state index >= 15 is 4.39 Å². The number of benzene rings is 3. The number of thiazole rings is 1. The number of carbonyl (C=O) groups is 1. The second-order valence-corrected chi connectivity index (χ2v) is 10.5. The maximum absolute atomic E-state index is 15.0. The maximum atomic E-state index is 15.0. The van der Waals surface area contributed by atoms with E-state index in [1.54, 1.807) is 17.4 Å². The number of aromatic nitrogens is 1. The molecule has 0 saturated heterocycles. The Morgan fingerprint density at radius 1 is 1.13 bits per heavy atom. The molecule has 1 aliphatic heterocycles. The Bertz CT molecular complexity index is 1500. The Morgan fingerprint density at radius 2 is 1.95 bits per heavy atom. The van der Waals surface area contributed by atoms with Crippen LogP contribution in [0.1, 0.15) is 46.6 Å². The lowest BCUT2D eigenvalue weighted by Crippen LogP contribution is -2.09. The van der Waals surface area contributed by atoms with Gasteiger partial charge in [-0.2, -0.15) is 0 Å². The first-order chi connectivity index (χ1) is 18.5. The quantitative estimate of drug-likeness (QED) is 0.236. The summed E-state index contributed by atoms with van der Waals surface area (Å²) >= 11 is 1.62. The van der Waals surface area contributed by atoms with Gasteiger partial charge < -0.3 is 18.9 Å². The van der Waals surface area contributed by atoms with Gasteiger partial charge in [0.2, 0.25) is 0 Å². The van der Waals surface area contributed by atoms with Crippen molar-refractivity contribution in [1.29, 1.82) is 0 Å². The molecular formula is C30H26FNO5S. The highest BCUT2D eigenvalue weighted by Crippen LogP contribution is 2.44. The highest BCUT2D eigenvalue weighted by atomic mass is 32.1. The molecule has 3 aromatic carbocycles. The highest BCUT2D eigenvalue weighted by Gasteiger charge is 2.32. The van der Waals surface area contributed by atoms with Crippen LogP contribution in [0, 0.1) is 12.7 Å². The molecule has 2 atom stereocenters. The molecule has 0 bridgehead atoms. The van der Waals surface area contributed by atoms with Gasteiger partial charge in [-0.15, -0.1) is 11.3 Å². The van der Waals surface area contributed by atoms with Gasteiger partial charge in [-0.3, -0.25) is 4.79 Å². The van der Waals surface area contributed by atoms with Crippen LogP contribution in [0.2, 0.25) is 0 Å². The Balaban J connectivity index is 1.19.